The summed E-state index contributed by atoms with van der Waals surface area (Å²) < 4.78 is 6.29. The van der Waals surface area contributed by atoms with E-state index in [9.17, 15) is 0 Å². The van der Waals surface area contributed by atoms with E-state index in [1.807, 2.05) is 6.08 Å². The zero-order valence-corrected chi connectivity index (χ0v) is 8.25. The van der Waals surface area contributed by atoms with Crippen LogP contribution in [0, 0.1) is 0 Å². The fraction of sp³-hybridized carbons (Fsp3) is 0.800. The summed E-state index contributed by atoms with van der Waals surface area (Å²) in [6, 6.07) is 0. The second-order valence-electron chi connectivity index (χ2n) is 3.87. The van der Waals surface area contributed by atoms with Gasteiger partial charge in [0.1, 0.15) is 0 Å². The van der Waals surface area contributed by atoms with Gasteiger partial charge in [-0.2, -0.15) is 0 Å². The first-order valence-corrected chi connectivity index (χ1v) is 4.76. The highest BCUT2D eigenvalue weighted by Crippen LogP contribution is 2.16. The Morgan fingerprint density at radius 1 is 1.67 bits per heavy atom. The van der Waals surface area contributed by atoms with E-state index >= 15 is 0 Å². The zero-order valence-electron chi connectivity index (χ0n) is 8.25. The molecule has 70 valence electrons. The number of hydrogen-bond acceptors (Lipinski definition) is 1. The molecule has 0 radical (unpaired) electrons. The van der Waals surface area contributed by atoms with Crippen molar-refractivity contribution in [3.63, 3.8) is 0 Å². The molecule has 1 heterocycles. The second-order valence-corrected chi connectivity index (χ2v) is 3.87. The summed E-state index contributed by atoms with van der Waals surface area (Å²) in [5.41, 5.74) is 0. The molecule has 2 heteroatoms. The van der Waals surface area contributed by atoms with Crippen molar-refractivity contribution in [2.75, 3.05) is 33.3 Å². The van der Waals surface area contributed by atoms with Crippen molar-refractivity contribution in [2.24, 2.45) is 0 Å². The van der Waals surface area contributed by atoms with E-state index < -0.39 is 0 Å². The van der Waals surface area contributed by atoms with Gasteiger partial charge >= 0.3 is 0 Å². The van der Waals surface area contributed by atoms with Crippen LogP contribution in [0.3, 0.4) is 0 Å². The third kappa shape index (κ3) is 2.95. The summed E-state index contributed by atoms with van der Waals surface area (Å²) in [4.78, 5) is 0. The fourth-order valence-corrected chi connectivity index (χ4v) is 1.38. The molecule has 1 aliphatic rings. The maximum Gasteiger partial charge on any atom is 0.0968 e. The van der Waals surface area contributed by atoms with Crippen LogP contribution in [0.4, 0.5) is 0 Å². The van der Waals surface area contributed by atoms with Crippen molar-refractivity contribution >= 4 is 0 Å². The van der Waals surface area contributed by atoms with Crippen LogP contribution >= 0.6 is 0 Å². The molecule has 12 heavy (non-hydrogen) atoms. The van der Waals surface area contributed by atoms with Gasteiger partial charge in [-0.15, -0.1) is 0 Å². The van der Waals surface area contributed by atoms with E-state index in [4.69, 9.17) is 4.74 Å². The van der Waals surface area contributed by atoms with Gasteiger partial charge in [-0.25, -0.2) is 0 Å². The molecule has 0 bridgehead atoms. The fourth-order valence-electron chi connectivity index (χ4n) is 1.38. The smallest absolute Gasteiger partial charge is 0.0968 e. The number of nitrogens with zero attached hydrogens (tertiary/aromatic N) is 1. The minimum absolute atomic E-state index is 0.568. The van der Waals surface area contributed by atoms with E-state index in [0.29, 0.717) is 6.10 Å². The highest BCUT2D eigenvalue weighted by molar-refractivity contribution is 4.70. The first-order valence-electron chi connectivity index (χ1n) is 4.76. The van der Waals surface area contributed by atoms with Gasteiger partial charge < -0.3 is 9.22 Å². The summed E-state index contributed by atoms with van der Waals surface area (Å²) in [5.74, 6) is 0. The molecule has 0 N–H and O–H groups in total. The van der Waals surface area contributed by atoms with Crippen LogP contribution in [0.2, 0.25) is 0 Å². The summed E-state index contributed by atoms with van der Waals surface area (Å²) in [6.07, 6.45) is 3.79. The lowest BCUT2D eigenvalue weighted by Crippen LogP contribution is -2.45. The predicted octanol–water partition coefficient (Wildman–Crippen LogP) is 1.43. The molecular weight excluding hydrogens is 150 g/mol. The average molecular weight is 170 g/mol. The monoisotopic (exact) mass is 170 g/mol. The quantitative estimate of drug-likeness (QED) is 0.334. The van der Waals surface area contributed by atoms with E-state index in [2.05, 4.69) is 20.6 Å². The number of epoxide rings is 1. The van der Waals surface area contributed by atoms with Gasteiger partial charge in [0, 0.05) is 6.42 Å². The molecule has 1 saturated heterocycles. The molecule has 2 nitrogen and oxygen atoms in total. The minimum atomic E-state index is 0.568. The first-order chi connectivity index (χ1) is 5.70. The largest absolute Gasteiger partial charge is 0.373 e. The Bertz CT molecular complexity index is 154. The van der Waals surface area contributed by atoms with E-state index in [-0.39, 0.29) is 0 Å². The number of hydrogen-bond donors (Lipinski definition) is 0. The van der Waals surface area contributed by atoms with Gasteiger partial charge in [-0.1, -0.05) is 6.58 Å². The van der Waals surface area contributed by atoms with Crippen molar-refractivity contribution in [1.82, 2.24) is 0 Å². The lowest BCUT2D eigenvalue weighted by atomic mass is 10.2. The SMILES string of the molecule is C=CC[N+](C)(CC)CCC1CO1. The molecule has 1 rings (SSSR count). The third-order valence-corrected chi connectivity index (χ3v) is 2.73. The highest BCUT2D eigenvalue weighted by atomic mass is 16.6. The van der Waals surface area contributed by atoms with Gasteiger partial charge in [0.2, 0.25) is 0 Å². The molecule has 0 aliphatic carbocycles. The molecule has 0 spiro atoms. The molecule has 0 amide bonds. The predicted molar refractivity (Wildman–Crippen MR) is 51.0 cm³/mol. The molecule has 1 aliphatic heterocycles. The van der Waals surface area contributed by atoms with Gasteiger partial charge in [0.15, 0.2) is 0 Å². The standard InChI is InChI=1S/C10H20NO/c1-4-7-11(3,5-2)8-6-10-9-12-10/h4,10H,1,5-9H2,2-3H3/q+1. The zero-order chi connectivity index (χ0) is 9.03. The number of quaternary nitrogens is 1. The van der Waals surface area contributed by atoms with Crippen LogP contribution in [-0.4, -0.2) is 43.9 Å². The van der Waals surface area contributed by atoms with Crippen LogP contribution in [0.15, 0.2) is 12.7 Å². The normalized spacial score (nSPS) is 26.3. The molecular formula is C10H20NO+. The Kier molecular flexibility index (Phi) is 3.29. The summed E-state index contributed by atoms with van der Waals surface area (Å²) in [7, 11) is 2.28. The molecule has 2 atom stereocenters. The Morgan fingerprint density at radius 2 is 2.33 bits per heavy atom. The summed E-state index contributed by atoms with van der Waals surface area (Å²) >= 11 is 0. The van der Waals surface area contributed by atoms with Crippen LogP contribution < -0.4 is 0 Å². The van der Waals surface area contributed by atoms with Crippen molar-refractivity contribution in [3.05, 3.63) is 12.7 Å². The lowest BCUT2D eigenvalue weighted by molar-refractivity contribution is -0.902. The van der Waals surface area contributed by atoms with Crippen LogP contribution in [0.25, 0.3) is 0 Å². The number of likely N-dealkylation sites (N-methyl/N-ethyl adjacent to an activating group) is 1. The van der Waals surface area contributed by atoms with Crippen LogP contribution in [0.5, 0.6) is 0 Å². The molecule has 0 aromatic carbocycles. The van der Waals surface area contributed by atoms with Gasteiger partial charge in [0.05, 0.1) is 39.4 Å². The van der Waals surface area contributed by atoms with Gasteiger partial charge in [-0.3, -0.25) is 0 Å². The Balaban J connectivity index is 2.24. The molecule has 0 aromatic rings. The molecule has 0 aromatic heterocycles. The lowest BCUT2D eigenvalue weighted by Gasteiger charge is -2.32. The van der Waals surface area contributed by atoms with E-state index in [1.54, 1.807) is 0 Å². The average Bonchev–Trinajstić information content (AvgIpc) is 2.85. The van der Waals surface area contributed by atoms with Crippen LogP contribution in [-0.2, 0) is 4.74 Å². The maximum atomic E-state index is 5.19. The summed E-state index contributed by atoms with van der Waals surface area (Å²) in [5, 5.41) is 0. The van der Waals surface area contributed by atoms with Crippen molar-refractivity contribution in [1.29, 1.82) is 0 Å². The second kappa shape index (κ2) is 4.06. The number of rotatable bonds is 6. The minimum Gasteiger partial charge on any atom is -0.373 e. The Hall–Kier alpha value is -0.340. The highest BCUT2D eigenvalue weighted by Gasteiger charge is 2.27. The van der Waals surface area contributed by atoms with Gasteiger partial charge in [-0.05, 0) is 13.0 Å². The molecule has 0 saturated carbocycles. The Morgan fingerprint density at radius 3 is 2.75 bits per heavy atom. The molecule has 2 unspecified atom stereocenters. The Labute approximate surface area is 75.4 Å². The van der Waals surface area contributed by atoms with Crippen molar-refractivity contribution in [3.8, 4) is 0 Å². The first kappa shape index (κ1) is 9.75. The topological polar surface area (TPSA) is 12.5 Å². The van der Waals surface area contributed by atoms with Gasteiger partial charge in [0.25, 0.3) is 0 Å². The van der Waals surface area contributed by atoms with Crippen molar-refractivity contribution < 1.29 is 9.22 Å². The van der Waals surface area contributed by atoms with E-state index in [0.717, 1.165) is 17.6 Å². The maximum absolute atomic E-state index is 5.19. The molecule has 1 fully saturated rings. The third-order valence-electron chi connectivity index (χ3n) is 2.73. The van der Waals surface area contributed by atoms with E-state index in [1.165, 1.54) is 19.5 Å². The number of ether oxygens (including phenoxy) is 1. The van der Waals surface area contributed by atoms with Crippen LogP contribution in [0.1, 0.15) is 13.3 Å². The summed E-state index contributed by atoms with van der Waals surface area (Å²) in [6.45, 7) is 10.5. The van der Waals surface area contributed by atoms with Crippen molar-refractivity contribution in [2.45, 2.75) is 19.4 Å².